The molecule has 0 saturated carbocycles. The Hall–Kier alpha value is -1.16. The number of halogens is 1. The molecule has 0 heterocycles. The predicted octanol–water partition coefficient (Wildman–Crippen LogP) is 3.39. The number of aliphatic carboxylic acids is 1. The number of nitrogens with zero attached hydrogens (tertiary/aromatic N) is 1. The minimum absolute atomic E-state index is 0.266. The van der Waals surface area contributed by atoms with Crippen LogP contribution in [0.2, 0.25) is 5.02 Å². The molecule has 0 spiro atoms. The third-order valence-electron chi connectivity index (χ3n) is 2.64. The summed E-state index contributed by atoms with van der Waals surface area (Å²) < 4.78 is 8.67. The zero-order valence-corrected chi connectivity index (χ0v) is 13.0. The van der Waals surface area contributed by atoms with E-state index in [0.717, 1.165) is 24.8 Å². The SMILES string of the molecule is CCCCc1cccc(O[P+]([O-])=N[C@@H](C)C(=O)O)c1Cl. The van der Waals surface area contributed by atoms with Gasteiger partial charge in [-0.1, -0.05) is 41.8 Å². The Morgan fingerprint density at radius 1 is 1.60 bits per heavy atom. The van der Waals surface area contributed by atoms with Crippen LogP contribution in [0.25, 0.3) is 0 Å². The molecular weight excluding hydrogens is 301 g/mol. The van der Waals surface area contributed by atoms with Crippen molar-refractivity contribution in [3.05, 3.63) is 28.8 Å². The average Bonchev–Trinajstić information content (AvgIpc) is 2.39. The van der Waals surface area contributed by atoms with Crippen molar-refractivity contribution in [1.82, 2.24) is 0 Å². The van der Waals surface area contributed by atoms with E-state index in [9.17, 15) is 9.69 Å². The highest BCUT2D eigenvalue weighted by atomic mass is 35.5. The van der Waals surface area contributed by atoms with Gasteiger partial charge in [-0.05, 0) is 31.4 Å². The molecule has 0 aliphatic carbocycles. The monoisotopic (exact) mass is 317 g/mol. The number of hydrogen-bond acceptors (Lipinski definition) is 4. The summed E-state index contributed by atoms with van der Waals surface area (Å²) in [6.45, 7) is 3.41. The molecule has 110 valence electrons. The molecule has 0 radical (unpaired) electrons. The van der Waals surface area contributed by atoms with Gasteiger partial charge < -0.3 is 10.00 Å². The van der Waals surface area contributed by atoms with Crippen molar-refractivity contribution in [1.29, 1.82) is 0 Å². The molecule has 1 rings (SSSR count). The summed E-state index contributed by atoms with van der Waals surface area (Å²) in [6, 6.07) is 4.15. The maximum atomic E-state index is 11.6. The molecule has 0 fully saturated rings. The molecule has 0 aliphatic heterocycles. The van der Waals surface area contributed by atoms with Crippen molar-refractivity contribution < 1.29 is 19.3 Å². The highest BCUT2D eigenvalue weighted by Gasteiger charge is 2.17. The van der Waals surface area contributed by atoms with Crippen molar-refractivity contribution in [3.63, 3.8) is 0 Å². The van der Waals surface area contributed by atoms with Crippen LogP contribution in [0.1, 0.15) is 32.3 Å². The summed E-state index contributed by atoms with van der Waals surface area (Å²) in [5.74, 6) is -0.887. The highest BCUT2D eigenvalue weighted by molar-refractivity contribution is 7.34. The van der Waals surface area contributed by atoms with Gasteiger partial charge in [0.1, 0.15) is 0 Å². The van der Waals surface area contributed by atoms with E-state index in [1.807, 2.05) is 6.07 Å². The van der Waals surface area contributed by atoms with E-state index < -0.39 is 20.2 Å². The van der Waals surface area contributed by atoms with E-state index in [1.54, 1.807) is 12.1 Å². The van der Waals surface area contributed by atoms with E-state index in [1.165, 1.54) is 6.92 Å². The summed E-state index contributed by atoms with van der Waals surface area (Å²) in [6.07, 6.45) is 2.85. The molecule has 1 aromatic rings. The first-order valence-electron chi connectivity index (χ1n) is 6.31. The molecule has 20 heavy (non-hydrogen) atoms. The van der Waals surface area contributed by atoms with Crippen LogP contribution in [0.4, 0.5) is 0 Å². The fourth-order valence-electron chi connectivity index (χ4n) is 1.49. The Balaban J connectivity index is 2.84. The van der Waals surface area contributed by atoms with Crippen LogP contribution in [0.3, 0.4) is 0 Å². The Morgan fingerprint density at radius 2 is 2.30 bits per heavy atom. The number of carbonyl (C=O) groups is 1. The molecule has 0 aliphatic rings. The van der Waals surface area contributed by atoms with E-state index in [-0.39, 0.29) is 5.75 Å². The van der Waals surface area contributed by atoms with E-state index in [2.05, 4.69) is 11.7 Å². The first-order valence-corrected chi connectivity index (χ1v) is 7.82. The lowest BCUT2D eigenvalue weighted by atomic mass is 10.1. The smallest absolute Gasteiger partial charge is 0.395 e. The lowest BCUT2D eigenvalue weighted by Crippen LogP contribution is -2.13. The van der Waals surface area contributed by atoms with Gasteiger partial charge in [0.15, 0.2) is 6.04 Å². The van der Waals surface area contributed by atoms with Crippen LogP contribution in [-0.4, -0.2) is 17.1 Å². The summed E-state index contributed by atoms with van der Waals surface area (Å²) in [4.78, 5) is 22.3. The van der Waals surface area contributed by atoms with Crippen molar-refractivity contribution in [3.8, 4) is 5.75 Å². The van der Waals surface area contributed by atoms with Gasteiger partial charge in [0, 0.05) is 0 Å². The maximum absolute atomic E-state index is 11.6. The van der Waals surface area contributed by atoms with Gasteiger partial charge in [-0.15, -0.1) is 0 Å². The molecule has 2 atom stereocenters. The standard InChI is InChI=1S/C13H17ClNO4P/c1-3-4-6-10-7-5-8-11(12(10)14)19-20(18)15-9(2)13(16)17/h5,7-9H,3-4,6H2,1-2H3,(H,16,17)/t9-/m0/s1. The number of rotatable bonds is 7. The van der Waals surface area contributed by atoms with Crippen LogP contribution in [0, 0.1) is 0 Å². The first-order chi connectivity index (χ1) is 9.45. The minimum Gasteiger partial charge on any atom is -0.575 e. The number of aryl methyl sites for hydroxylation is 1. The normalized spacial score (nSPS) is 13.1. The summed E-state index contributed by atoms with van der Waals surface area (Å²) >= 11 is 6.18. The largest absolute Gasteiger partial charge is 0.575 e. The van der Waals surface area contributed by atoms with Crippen LogP contribution in [-0.2, 0) is 11.2 Å². The Labute approximate surface area is 124 Å². The second-order valence-corrected chi connectivity index (χ2v) is 5.56. The minimum atomic E-state index is -2.46. The molecule has 0 aromatic heterocycles. The molecule has 7 heteroatoms. The number of carboxylic acids is 1. The fourth-order valence-corrected chi connectivity index (χ4v) is 2.55. The van der Waals surface area contributed by atoms with Crippen molar-refractivity contribution in [2.75, 3.05) is 0 Å². The summed E-state index contributed by atoms with van der Waals surface area (Å²) in [5.41, 5.74) is 0.917. The van der Waals surface area contributed by atoms with Crippen LogP contribution < -0.4 is 9.42 Å². The zero-order chi connectivity index (χ0) is 15.1. The molecular formula is C13H17ClNO4P. The predicted molar refractivity (Wildman–Crippen MR) is 77.1 cm³/mol. The summed E-state index contributed by atoms with van der Waals surface area (Å²) in [7, 11) is -2.46. The molecule has 0 saturated heterocycles. The third kappa shape index (κ3) is 5.08. The topological polar surface area (TPSA) is 82.0 Å². The molecule has 1 aromatic carbocycles. The van der Waals surface area contributed by atoms with Gasteiger partial charge in [0.2, 0.25) is 5.75 Å². The van der Waals surface area contributed by atoms with Crippen LogP contribution >= 0.6 is 19.8 Å². The second-order valence-electron chi connectivity index (χ2n) is 4.29. The lowest BCUT2D eigenvalue weighted by molar-refractivity contribution is -0.169. The van der Waals surface area contributed by atoms with Gasteiger partial charge in [-0.25, -0.2) is 4.79 Å². The molecule has 0 bridgehead atoms. The number of benzene rings is 1. The zero-order valence-electron chi connectivity index (χ0n) is 11.4. The third-order valence-corrected chi connectivity index (χ3v) is 3.96. The van der Waals surface area contributed by atoms with E-state index >= 15 is 0 Å². The molecule has 5 nitrogen and oxygen atoms in total. The number of hydrogen-bond donors (Lipinski definition) is 1. The van der Waals surface area contributed by atoms with Crippen molar-refractivity contribution >= 4 is 25.7 Å². The summed E-state index contributed by atoms with van der Waals surface area (Å²) in [5, 5.41) is 9.09. The van der Waals surface area contributed by atoms with Crippen molar-refractivity contribution in [2.45, 2.75) is 39.2 Å². The van der Waals surface area contributed by atoms with Gasteiger partial charge >= 0.3 is 14.1 Å². The number of unbranched alkanes of at least 4 members (excludes halogenated alkanes) is 1. The molecule has 1 N–H and O–H groups in total. The van der Waals surface area contributed by atoms with Gasteiger partial charge in [0.25, 0.3) is 0 Å². The average molecular weight is 318 g/mol. The van der Waals surface area contributed by atoms with Crippen LogP contribution in [0.5, 0.6) is 5.75 Å². The Kier molecular flexibility index (Phi) is 6.93. The molecule has 0 amide bonds. The molecule has 1 unspecified atom stereocenters. The van der Waals surface area contributed by atoms with E-state index in [4.69, 9.17) is 21.2 Å². The van der Waals surface area contributed by atoms with Gasteiger partial charge in [0.05, 0.1) is 5.02 Å². The second kappa shape index (κ2) is 8.20. The Bertz CT molecular complexity index is 507. The Morgan fingerprint density at radius 3 is 2.90 bits per heavy atom. The van der Waals surface area contributed by atoms with E-state index in [0.29, 0.717) is 5.02 Å². The van der Waals surface area contributed by atoms with Crippen LogP contribution in [0.15, 0.2) is 22.9 Å². The van der Waals surface area contributed by atoms with Gasteiger partial charge in [-0.3, -0.25) is 4.52 Å². The number of carboxylic acid groups (broad SMARTS) is 1. The fraction of sp³-hybridized carbons (Fsp3) is 0.462. The maximum Gasteiger partial charge on any atom is 0.395 e. The lowest BCUT2D eigenvalue weighted by Gasteiger charge is -2.06. The highest BCUT2D eigenvalue weighted by Crippen LogP contribution is 2.34. The van der Waals surface area contributed by atoms with Crippen molar-refractivity contribution in [2.24, 2.45) is 4.74 Å². The van der Waals surface area contributed by atoms with Gasteiger partial charge in [-0.2, -0.15) is 0 Å². The first kappa shape index (κ1) is 16.9. The quantitative estimate of drug-likeness (QED) is 0.781.